The molecule has 0 atom stereocenters. The van der Waals surface area contributed by atoms with Gasteiger partial charge in [0.2, 0.25) is 0 Å². The van der Waals surface area contributed by atoms with Crippen LogP contribution < -0.4 is 0 Å². The van der Waals surface area contributed by atoms with Gasteiger partial charge < -0.3 is 5.11 Å². The fourth-order valence-corrected chi connectivity index (χ4v) is 2.72. The van der Waals surface area contributed by atoms with Gasteiger partial charge in [0.15, 0.2) is 0 Å². The largest absolute Gasteiger partial charge is 0.385 e. The van der Waals surface area contributed by atoms with Gasteiger partial charge in [0, 0.05) is 4.47 Å². The van der Waals surface area contributed by atoms with Crippen molar-refractivity contribution in [2.45, 2.75) is 31.3 Å². The molecule has 2 rings (SSSR count). The maximum atomic E-state index is 10.3. The van der Waals surface area contributed by atoms with Crippen LogP contribution in [0.5, 0.6) is 0 Å². The van der Waals surface area contributed by atoms with Crippen molar-refractivity contribution in [1.82, 2.24) is 0 Å². The van der Waals surface area contributed by atoms with Gasteiger partial charge in [0.1, 0.15) is 0 Å². The molecule has 0 saturated heterocycles. The highest BCUT2D eigenvalue weighted by molar-refractivity contribution is 9.10. The van der Waals surface area contributed by atoms with Crippen molar-refractivity contribution >= 4 is 15.9 Å². The molecule has 0 spiro atoms. The van der Waals surface area contributed by atoms with Gasteiger partial charge in [-0.1, -0.05) is 47.0 Å². The first-order chi connectivity index (χ1) is 6.22. The molecule has 0 radical (unpaired) electrons. The Balaban J connectivity index is 2.39. The van der Waals surface area contributed by atoms with Crippen LogP contribution in [0.4, 0.5) is 0 Å². The Bertz CT molecular complexity index is 303. The predicted octanol–water partition coefficient (Wildman–Crippen LogP) is 3.21. The molecule has 1 aliphatic carbocycles. The first-order valence-electron chi connectivity index (χ1n) is 4.70. The Morgan fingerprint density at radius 1 is 1.15 bits per heavy atom. The number of aliphatic hydroxyl groups is 1. The maximum absolute atomic E-state index is 10.3. The molecule has 1 N–H and O–H groups in total. The van der Waals surface area contributed by atoms with Crippen molar-refractivity contribution in [2.75, 3.05) is 0 Å². The Hall–Kier alpha value is -0.340. The standard InChI is InChI=1S/C11H13BrO/c12-10-6-2-1-5-9(10)11(13)7-3-4-8-11/h1-2,5-6,13H,3-4,7-8H2. The molecule has 70 valence electrons. The van der Waals surface area contributed by atoms with E-state index in [0.29, 0.717) is 0 Å². The number of hydrogen-bond acceptors (Lipinski definition) is 1. The minimum atomic E-state index is -0.569. The van der Waals surface area contributed by atoms with Crippen molar-refractivity contribution in [3.8, 4) is 0 Å². The van der Waals surface area contributed by atoms with E-state index in [1.807, 2.05) is 24.3 Å². The lowest BCUT2D eigenvalue weighted by Gasteiger charge is -2.23. The Kier molecular flexibility index (Phi) is 2.43. The van der Waals surface area contributed by atoms with Crippen LogP contribution in [0.2, 0.25) is 0 Å². The summed E-state index contributed by atoms with van der Waals surface area (Å²) in [6, 6.07) is 7.96. The van der Waals surface area contributed by atoms with E-state index in [4.69, 9.17) is 0 Å². The van der Waals surface area contributed by atoms with Gasteiger partial charge in [-0.3, -0.25) is 0 Å². The summed E-state index contributed by atoms with van der Waals surface area (Å²) in [5, 5.41) is 10.3. The van der Waals surface area contributed by atoms with Crippen LogP contribution in [-0.4, -0.2) is 5.11 Å². The molecule has 0 unspecified atom stereocenters. The van der Waals surface area contributed by atoms with Crippen LogP contribution in [0.1, 0.15) is 31.2 Å². The van der Waals surface area contributed by atoms with Gasteiger partial charge in [-0.25, -0.2) is 0 Å². The van der Waals surface area contributed by atoms with E-state index < -0.39 is 5.60 Å². The Morgan fingerprint density at radius 2 is 1.77 bits per heavy atom. The van der Waals surface area contributed by atoms with Crippen molar-refractivity contribution in [2.24, 2.45) is 0 Å². The van der Waals surface area contributed by atoms with Gasteiger partial charge in [-0.05, 0) is 24.5 Å². The molecule has 0 aliphatic heterocycles. The first-order valence-corrected chi connectivity index (χ1v) is 5.49. The van der Waals surface area contributed by atoms with Crippen LogP contribution in [0.15, 0.2) is 28.7 Å². The molecule has 1 saturated carbocycles. The predicted molar refractivity (Wildman–Crippen MR) is 56.5 cm³/mol. The Morgan fingerprint density at radius 3 is 2.38 bits per heavy atom. The van der Waals surface area contributed by atoms with Gasteiger partial charge in [0.05, 0.1) is 5.60 Å². The van der Waals surface area contributed by atoms with Gasteiger partial charge in [0.25, 0.3) is 0 Å². The van der Waals surface area contributed by atoms with E-state index in [-0.39, 0.29) is 0 Å². The zero-order valence-electron chi connectivity index (χ0n) is 7.46. The second kappa shape index (κ2) is 3.43. The molecular weight excluding hydrogens is 228 g/mol. The molecule has 1 aromatic carbocycles. The van der Waals surface area contributed by atoms with Crippen LogP contribution in [-0.2, 0) is 5.60 Å². The summed E-state index contributed by atoms with van der Waals surface area (Å²) in [6.07, 6.45) is 4.07. The molecule has 2 heteroatoms. The maximum Gasteiger partial charge on any atom is 0.0907 e. The lowest BCUT2D eigenvalue weighted by Crippen LogP contribution is -2.21. The van der Waals surface area contributed by atoms with Crippen molar-refractivity contribution in [3.05, 3.63) is 34.3 Å². The van der Waals surface area contributed by atoms with Crippen molar-refractivity contribution in [3.63, 3.8) is 0 Å². The molecule has 0 amide bonds. The average molecular weight is 241 g/mol. The Labute approximate surface area is 86.9 Å². The number of rotatable bonds is 1. The fraction of sp³-hybridized carbons (Fsp3) is 0.455. The number of hydrogen-bond donors (Lipinski definition) is 1. The lowest BCUT2D eigenvalue weighted by atomic mass is 9.92. The molecule has 0 aromatic heterocycles. The normalized spacial score (nSPS) is 20.5. The van der Waals surface area contributed by atoms with Gasteiger partial charge >= 0.3 is 0 Å². The second-order valence-corrected chi connectivity index (χ2v) is 4.57. The molecular formula is C11H13BrO. The lowest BCUT2D eigenvalue weighted by molar-refractivity contribution is 0.0437. The highest BCUT2D eigenvalue weighted by Crippen LogP contribution is 2.41. The summed E-state index contributed by atoms with van der Waals surface area (Å²) in [6.45, 7) is 0. The molecule has 1 aliphatic rings. The highest BCUT2D eigenvalue weighted by atomic mass is 79.9. The van der Waals surface area contributed by atoms with E-state index >= 15 is 0 Å². The summed E-state index contributed by atoms with van der Waals surface area (Å²) in [5.41, 5.74) is 0.479. The van der Waals surface area contributed by atoms with Crippen LogP contribution in [0.3, 0.4) is 0 Å². The summed E-state index contributed by atoms with van der Waals surface area (Å²) in [5.74, 6) is 0. The summed E-state index contributed by atoms with van der Waals surface area (Å²) in [4.78, 5) is 0. The second-order valence-electron chi connectivity index (χ2n) is 3.72. The highest BCUT2D eigenvalue weighted by Gasteiger charge is 2.34. The van der Waals surface area contributed by atoms with Gasteiger partial charge in [-0.2, -0.15) is 0 Å². The van der Waals surface area contributed by atoms with E-state index in [1.165, 1.54) is 0 Å². The zero-order chi connectivity index (χ0) is 9.31. The monoisotopic (exact) mass is 240 g/mol. The average Bonchev–Trinajstić information content (AvgIpc) is 2.54. The van der Waals surface area contributed by atoms with Crippen LogP contribution in [0, 0.1) is 0 Å². The summed E-state index contributed by atoms with van der Waals surface area (Å²) in [7, 11) is 0. The molecule has 0 heterocycles. The molecule has 1 fully saturated rings. The number of halogens is 1. The SMILES string of the molecule is OC1(c2ccccc2Br)CCCC1. The smallest absolute Gasteiger partial charge is 0.0907 e. The van der Waals surface area contributed by atoms with E-state index in [2.05, 4.69) is 15.9 Å². The molecule has 1 nitrogen and oxygen atoms in total. The van der Waals surface area contributed by atoms with Crippen molar-refractivity contribution < 1.29 is 5.11 Å². The first kappa shape index (κ1) is 9.22. The van der Waals surface area contributed by atoms with Crippen LogP contribution >= 0.6 is 15.9 Å². The van der Waals surface area contributed by atoms with Crippen molar-refractivity contribution in [1.29, 1.82) is 0 Å². The summed E-state index contributed by atoms with van der Waals surface area (Å²) < 4.78 is 1.03. The molecule has 13 heavy (non-hydrogen) atoms. The third-order valence-corrected chi connectivity index (χ3v) is 3.50. The quantitative estimate of drug-likeness (QED) is 0.800. The topological polar surface area (TPSA) is 20.2 Å². The zero-order valence-corrected chi connectivity index (χ0v) is 9.05. The third kappa shape index (κ3) is 1.65. The third-order valence-electron chi connectivity index (χ3n) is 2.81. The molecule has 1 aromatic rings. The van der Waals surface area contributed by atoms with E-state index in [0.717, 1.165) is 35.7 Å². The van der Waals surface area contributed by atoms with E-state index in [9.17, 15) is 5.11 Å². The number of benzene rings is 1. The van der Waals surface area contributed by atoms with E-state index in [1.54, 1.807) is 0 Å². The molecule has 0 bridgehead atoms. The minimum Gasteiger partial charge on any atom is -0.385 e. The fourth-order valence-electron chi connectivity index (χ4n) is 2.07. The van der Waals surface area contributed by atoms with Crippen LogP contribution in [0.25, 0.3) is 0 Å². The minimum absolute atomic E-state index is 0.569. The summed E-state index contributed by atoms with van der Waals surface area (Å²) >= 11 is 3.48. The van der Waals surface area contributed by atoms with Gasteiger partial charge in [-0.15, -0.1) is 0 Å².